The summed E-state index contributed by atoms with van der Waals surface area (Å²) in [7, 11) is -3.54. The Kier molecular flexibility index (Phi) is 5.42. The molecule has 132 valence electrons. The van der Waals surface area contributed by atoms with Crippen molar-refractivity contribution in [2.45, 2.75) is 24.3 Å². The van der Waals surface area contributed by atoms with Crippen LogP contribution in [0.2, 0.25) is 5.02 Å². The van der Waals surface area contributed by atoms with Gasteiger partial charge in [-0.2, -0.15) is 4.31 Å². The molecular formula is C18H19ClN2O3S. The molecule has 0 bridgehead atoms. The topological polar surface area (TPSA) is 66.5 Å². The molecule has 2 aromatic carbocycles. The van der Waals surface area contributed by atoms with Gasteiger partial charge in [0.1, 0.15) is 0 Å². The summed E-state index contributed by atoms with van der Waals surface area (Å²) >= 11 is 6.08. The number of carbonyl (C=O) groups is 1. The van der Waals surface area contributed by atoms with Gasteiger partial charge in [-0.25, -0.2) is 8.42 Å². The minimum atomic E-state index is -3.54. The molecule has 0 aromatic heterocycles. The second-order valence-corrected chi connectivity index (χ2v) is 8.26. The molecule has 25 heavy (non-hydrogen) atoms. The number of amides is 1. The quantitative estimate of drug-likeness (QED) is 0.869. The Hall–Kier alpha value is -1.89. The highest BCUT2D eigenvalue weighted by molar-refractivity contribution is 7.89. The maximum absolute atomic E-state index is 12.6. The van der Waals surface area contributed by atoms with Gasteiger partial charge in [0.05, 0.1) is 4.90 Å². The van der Waals surface area contributed by atoms with Crippen LogP contribution >= 0.6 is 11.6 Å². The smallest absolute Gasteiger partial charge is 0.251 e. The summed E-state index contributed by atoms with van der Waals surface area (Å²) in [4.78, 5) is 12.5. The van der Waals surface area contributed by atoms with Gasteiger partial charge < -0.3 is 5.32 Å². The molecule has 2 aromatic rings. The second kappa shape index (κ2) is 7.56. The van der Waals surface area contributed by atoms with Crippen molar-refractivity contribution in [2.75, 3.05) is 13.1 Å². The number of hydrogen-bond donors (Lipinski definition) is 1. The summed E-state index contributed by atoms with van der Waals surface area (Å²) in [6, 6.07) is 13.4. The number of rotatable bonds is 5. The lowest BCUT2D eigenvalue weighted by atomic mass is 10.2. The van der Waals surface area contributed by atoms with Crippen molar-refractivity contribution < 1.29 is 13.2 Å². The first kappa shape index (κ1) is 17.9. The third-order valence-electron chi connectivity index (χ3n) is 4.20. The predicted octanol–water partition coefficient (Wildman–Crippen LogP) is 3.05. The molecule has 1 saturated heterocycles. The summed E-state index contributed by atoms with van der Waals surface area (Å²) in [6.45, 7) is 1.35. The molecule has 5 nitrogen and oxygen atoms in total. The lowest BCUT2D eigenvalue weighted by Gasteiger charge is -2.16. The minimum Gasteiger partial charge on any atom is -0.348 e. The van der Waals surface area contributed by atoms with E-state index in [1.165, 1.54) is 16.4 Å². The van der Waals surface area contributed by atoms with Gasteiger partial charge in [-0.1, -0.05) is 35.9 Å². The van der Waals surface area contributed by atoms with E-state index >= 15 is 0 Å². The zero-order valence-electron chi connectivity index (χ0n) is 13.6. The standard InChI is InChI=1S/C18H19ClN2O3S/c19-17-9-2-1-6-15(17)13-20-18(22)14-7-5-8-16(12-14)25(23,24)21-10-3-4-11-21/h1-2,5-9,12H,3-4,10-11,13H2,(H,20,22). The van der Waals surface area contributed by atoms with Gasteiger partial charge in [0.25, 0.3) is 5.91 Å². The van der Waals surface area contributed by atoms with Gasteiger partial charge in [-0.3, -0.25) is 4.79 Å². The van der Waals surface area contributed by atoms with Crippen LogP contribution in [-0.4, -0.2) is 31.7 Å². The Morgan fingerprint density at radius 2 is 1.80 bits per heavy atom. The van der Waals surface area contributed by atoms with E-state index < -0.39 is 10.0 Å². The molecule has 1 aliphatic heterocycles. The lowest BCUT2D eigenvalue weighted by molar-refractivity contribution is 0.0950. The van der Waals surface area contributed by atoms with E-state index in [1.54, 1.807) is 18.2 Å². The highest BCUT2D eigenvalue weighted by Crippen LogP contribution is 2.21. The number of carbonyl (C=O) groups excluding carboxylic acids is 1. The SMILES string of the molecule is O=C(NCc1ccccc1Cl)c1cccc(S(=O)(=O)N2CCCC2)c1. The molecule has 0 saturated carbocycles. The Morgan fingerprint density at radius 3 is 2.52 bits per heavy atom. The van der Waals surface area contributed by atoms with E-state index in [1.807, 2.05) is 18.2 Å². The molecule has 1 aliphatic rings. The lowest BCUT2D eigenvalue weighted by Crippen LogP contribution is -2.28. The van der Waals surface area contributed by atoms with Crippen LogP contribution < -0.4 is 5.32 Å². The minimum absolute atomic E-state index is 0.153. The summed E-state index contributed by atoms with van der Waals surface area (Å²) in [6.07, 6.45) is 1.74. The molecule has 1 N–H and O–H groups in total. The summed E-state index contributed by atoms with van der Waals surface area (Å²) < 4.78 is 26.7. The zero-order chi connectivity index (χ0) is 17.9. The van der Waals surface area contributed by atoms with Crippen LogP contribution in [0.1, 0.15) is 28.8 Å². The molecule has 0 spiro atoms. The average Bonchev–Trinajstić information content (AvgIpc) is 3.16. The molecule has 1 amide bonds. The normalized spacial score (nSPS) is 15.2. The van der Waals surface area contributed by atoms with Gasteiger partial charge in [0.15, 0.2) is 0 Å². The van der Waals surface area contributed by atoms with Crippen LogP contribution in [0.25, 0.3) is 0 Å². The molecule has 0 aliphatic carbocycles. The summed E-state index contributed by atoms with van der Waals surface area (Å²) in [5.74, 6) is -0.335. The van der Waals surface area contributed by atoms with Crippen LogP contribution in [0, 0.1) is 0 Å². The van der Waals surface area contributed by atoms with Crippen molar-refractivity contribution in [3.8, 4) is 0 Å². The van der Waals surface area contributed by atoms with E-state index in [4.69, 9.17) is 11.6 Å². The molecule has 0 radical (unpaired) electrons. The Bertz CT molecular complexity index is 877. The third kappa shape index (κ3) is 4.03. The number of nitrogens with zero attached hydrogens (tertiary/aromatic N) is 1. The molecule has 0 unspecified atom stereocenters. The molecule has 3 rings (SSSR count). The first-order valence-electron chi connectivity index (χ1n) is 8.10. The Balaban J connectivity index is 1.74. The molecule has 7 heteroatoms. The second-order valence-electron chi connectivity index (χ2n) is 5.91. The van der Waals surface area contributed by atoms with Crippen LogP contribution in [0.4, 0.5) is 0 Å². The highest BCUT2D eigenvalue weighted by Gasteiger charge is 2.27. The van der Waals surface area contributed by atoms with E-state index in [-0.39, 0.29) is 17.3 Å². The van der Waals surface area contributed by atoms with Gasteiger partial charge in [0, 0.05) is 30.2 Å². The van der Waals surface area contributed by atoms with E-state index in [0.717, 1.165) is 18.4 Å². The maximum Gasteiger partial charge on any atom is 0.251 e. The maximum atomic E-state index is 12.6. The van der Waals surface area contributed by atoms with Crippen molar-refractivity contribution in [3.05, 3.63) is 64.7 Å². The predicted molar refractivity (Wildman–Crippen MR) is 97.1 cm³/mol. The Labute approximate surface area is 152 Å². The third-order valence-corrected chi connectivity index (χ3v) is 6.46. The number of benzene rings is 2. The largest absolute Gasteiger partial charge is 0.348 e. The first-order chi connectivity index (χ1) is 12.0. The van der Waals surface area contributed by atoms with Gasteiger partial charge in [-0.15, -0.1) is 0 Å². The van der Waals surface area contributed by atoms with Gasteiger partial charge in [-0.05, 0) is 42.7 Å². The molecule has 1 heterocycles. The van der Waals surface area contributed by atoms with Crippen molar-refractivity contribution in [2.24, 2.45) is 0 Å². The van der Waals surface area contributed by atoms with Crippen LogP contribution in [0.3, 0.4) is 0 Å². The Morgan fingerprint density at radius 1 is 1.08 bits per heavy atom. The summed E-state index contributed by atoms with van der Waals surface area (Å²) in [5, 5.41) is 3.35. The van der Waals surface area contributed by atoms with E-state index in [9.17, 15) is 13.2 Å². The zero-order valence-corrected chi connectivity index (χ0v) is 15.2. The van der Waals surface area contributed by atoms with E-state index in [2.05, 4.69) is 5.32 Å². The first-order valence-corrected chi connectivity index (χ1v) is 9.92. The molecular weight excluding hydrogens is 360 g/mol. The fraction of sp³-hybridized carbons (Fsp3) is 0.278. The highest BCUT2D eigenvalue weighted by atomic mass is 35.5. The summed E-state index contributed by atoms with van der Waals surface area (Å²) in [5.41, 5.74) is 1.12. The number of sulfonamides is 1. The average molecular weight is 379 g/mol. The number of halogens is 1. The van der Waals surface area contributed by atoms with Crippen molar-refractivity contribution in [1.82, 2.24) is 9.62 Å². The fourth-order valence-electron chi connectivity index (χ4n) is 2.79. The number of hydrogen-bond acceptors (Lipinski definition) is 3. The monoisotopic (exact) mass is 378 g/mol. The van der Waals surface area contributed by atoms with Crippen molar-refractivity contribution >= 4 is 27.5 Å². The van der Waals surface area contributed by atoms with E-state index in [0.29, 0.717) is 23.7 Å². The van der Waals surface area contributed by atoms with Crippen LogP contribution in [-0.2, 0) is 16.6 Å². The fourth-order valence-corrected chi connectivity index (χ4v) is 4.56. The van der Waals surface area contributed by atoms with Crippen LogP contribution in [0.15, 0.2) is 53.4 Å². The van der Waals surface area contributed by atoms with Gasteiger partial charge >= 0.3 is 0 Å². The van der Waals surface area contributed by atoms with Gasteiger partial charge in [0.2, 0.25) is 10.0 Å². The van der Waals surface area contributed by atoms with Crippen molar-refractivity contribution in [3.63, 3.8) is 0 Å². The molecule has 1 fully saturated rings. The molecule has 0 atom stereocenters. The van der Waals surface area contributed by atoms with Crippen molar-refractivity contribution in [1.29, 1.82) is 0 Å². The van der Waals surface area contributed by atoms with Crippen LogP contribution in [0.5, 0.6) is 0 Å². The number of nitrogens with one attached hydrogen (secondary N) is 1.